The molecule has 0 radical (unpaired) electrons. The van der Waals surface area contributed by atoms with Gasteiger partial charge in [0.15, 0.2) is 0 Å². The number of hydrogen-bond donors (Lipinski definition) is 0. The Bertz CT molecular complexity index is 968. The van der Waals surface area contributed by atoms with E-state index in [1.165, 1.54) is 10.4 Å². The van der Waals surface area contributed by atoms with Gasteiger partial charge in [-0.2, -0.15) is 0 Å². The fourth-order valence-corrected chi connectivity index (χ4v) is 4.79. The van der Waals surface area contributed by atoms with Crippen molar-refractivity contribution in [1.29, 1.82) is 0 Å². The third-order valence-corrected chi connectivity index (χ3v) is 6.53. The number of thiophene rings is 1. The van der Waals surface area contributed by atoms with Crippen LogP contribution in [0.1, 0.15) is 38.6 Å². The van der Waals surface area contributed by atoms with Gasteiger partial charge in [0.2, 0.25) is 0 Å². The number of nitrogens with zero attached hydrogens (tertiary/aromatic N) is 3. The van der Waals surface area contributed by atoms with Gasteiger partial charge in [0.25, 0.3) is 5.91 Å². The molecule has 4 rings (SSSR count). The zero-order chi connectivity index (χ0) is 21.6. The molecule has 31 heavy (non-hydrogen) atoms. The van der Waals surface area contributed by atoms with Gasteiger partial charge in [-0.15, -0.1) is 11.3 Å². The monoisotopic (exact) mass is 439 g/mol. The van der Waals surface area contributed by atoms with Crippen molar-refractivity contribution in [3.63, 3.8) is 0 Å². The van der Waals surface area contributed by atoms with E-state index in [9.17, 15) is 4.79 Å². The van der Waals surface area contributed by atoms with Crippen LogP contribution >= 0.6 is 11.3 Å². The second-order valence-electron chi connectivity index (χ2n) is 8.29. The lowest BCUT2D eigenvalue weighted by Crippen LogP contribution is -2.41. The maximum Gasteiger partial charge on any atom is 0.263 e. The van der Waals surface area contributed by atoms with Gasteiger partial charge in [0.1, 0.15) is 12.0 Å². The molecule has 1 aliphatic rings. The standard InChI is InChI=1S/C24H29N3O3S/c1-18-5-10-23(31-18)24(28)27-12-3-4-20(15-27)17-29-22-8-6-19(7-9-22)14-26(2)16-21-11-13-30-25-21/h5-11,13,20H,3-4,12,14-17H2,1-2H3. The summed E-state index contributed by atoms with van der Waals surface area (Å²) in [7, 11) is 2.06. The molecule has 0 bridgehead atoms. The number of benzene rings is 1. The van der Waals surface area contributed by atoms with Gasteiger partial charge in [-0.05, 0) is 56.6 Å². The van der Waals surface area contributed by atoms with Crippen molar-refractivity contribution in [2.75, 3.05) is 26.7 Å². The molecular formula is C24H29N3O3S. The fourth-order valence-electron chi connectivity index (χ4n) is 3.96. The van der Waals surface area contributed by atoms with Crippen LogP contribution in [0.25, 0.3) is 0 Å². The summed E-state index contributed by atoms with van der Waals surface area (Å²) in [5, 5.41) is 3.95. The van der Waals surface area contributed by atoms with E-state index in [0.717, 1.165) is 55.3 Å². The van der Waals surface area contributed by atoms with Crippen molar-refractivity contribution in [1.82, 2.24) is 15.0 Å². The minimum absolute atomic E-state index is 0.155. The summed E-state index contributed by atoms with van der Waals surface area (Å²) in [5.41, 5.74) is 2.15. The first-order valence-corrected chi connectivity index (χ1v) is 11.5. The molecule has 1 saturated heterocycles. The quantitative estimate of drug-likeness (QED) is 0.513. The minimum atomic E-state index is 0.155. The van der Waals surface area contributed by atoms with Crippen molar-refractivity contribution in [3.8, 4) is 5.75 Å². The Hall–Kier alpha value is -2.64. The third-order valence-electron chi connectivity index (χ3n) is 5.54. The molecule has 2 aromatic heterocycles. The summed E-state index contributed by atoms with van der Waals surface area (Å²) in [6, 6.07) is 14.1. The van der Waals surface area contributed by atoms with Crippen molar-refractivity contribution in [2.45, 2.75) is 32.9 Å². The molecule has 164 valence electrons. The molecular weight excluding hydrogens is 410 g/mol. The topological polar surface area (TPSA) is 58.8 Å². The number of likely N-dealkylation sites (tertiary alicyclic amines) is 1. The number of hydrogen-bond acceptors (Lipinski definition) is 6. The molecule has 1 atom stereocenters. The Kier molecular flexibility index (Phi) is 7.04. The normalized spacial score (nSPS) is 16.6. The van der Waals surface area contributed by atoms with Crippen LogP contribution in [-0.2, 0) is 13.1 Å². The molecule has 1 aliphatic heterocycles. The summed E-state index contributed by atoms with van der Waals surface area (Å²) < 4.78 is 10.9. The summed E-state index contributed by atoms with van der Waals surface area (Å²) in [5.74, 6) is 1.40. The number of piperidine rings is 1. The summed E-state index contributed by atoms with van der Waals surface area (Å²) in [4.78, 5) is 18.9. The molecule has 3 heterocycles. The summed E-state index contributed by atoms with van der Waals surface area (Å²) in [6.45, 7) is 5.85. The lowest BCUT2D eigenvalue weighted by molar-refractivity contribution is 0.0638. The first kappa shape index (κ1) is 21.6. The van der Waals surface area contributed by atoms with Gasteiger partial charge in [-0.1, -0.05) is 17.3 Å². The number of rotatable bonds is 8. The van der Waals surface area contributed by atoms with E-state index >= 15 is 0 Å². The highest BCUT2D eigenvalue weighted by Crippen LogP contribution is 2.23. The smallest absolute Gasteiger partial charge is 0.263 e. The number of aryl methyl sites for hydroxylation is 1. The highest BCUT2D eigenvalue weighted by atomic mass is 32.1. The second kappa shape index (κ2) is 10.1. The van der Waals surface area contributed by atoms with Crippen molar-refractivity contribution >= 4 is 17.2 Å². The van der Waals surface area contributed by atoms with E-state index in [1.807, 2.05) is 42.2 Å². The first-order valence-electron chi connectivity index (χ1n) is 10.7. The number of amides is 1. The Morgan fingerprint density at radius 2 is 2.06 bits per heavy atom. The van der Waals surface area contributed by atoms with E-state index in [0.29, 0.717) is 12.5 Å². The highest BCUT2D eigenvalue weighted by Gasteiger charge is 2.25. The van der Waals surface area contributed by atoms with E-state index in [1.54, 1.807) is 17.6 Å². The van der Waals surface area contributed by atoms with Gasteiger partial charge in [-0.3, -0.25) is 9.69 Å². The molecule has 1 amide bonds. The lowest BCUT2D eigenvalue weighted by atomic mass is 9.99. The Labute approximate surface area is 187 Å². The second-order valence-corrected chi connectivity index (χ2v) is 9.58. The average Bonchev–Trinajstić information content (AvgIpc) is 3.44. The van der Waals surface area contributed by atoms with Crippen LogP contribution in [0.3, 0.4) is 0 Å². The molecule has 7 heteroatoms. The molecule has 0 spiro atoms. The molecule has 0 N–H and O–H groups in total. The van der Waals surface area contributed by atoms with Crippen molar-refractivity contribution in [2.24, 2.45) is 5.92 Å². The number of carbonyl (C=O) groups excluding carboxylic acids is 1. The molecule has 0 saturated carbocycles. The largest absolute Gasteiger partial charge is 0.493 e. The van der Waals surface area contributed by atoms with E-state index in [2.05, 4.69) is 29.2 Å². The predicted molar refractivity (Wildman–Crippen MR) is 121 cm³/mol. The number of ether oxygens (including phenoxy) is 1. The summed E-state index contributed by atoms with van der Waals surface area (Å²) in [6.07, 6.45) is 3.72. The van der Waals surface area contributed by atoms with Crippen LogP contribution in [0.5, 0.6) is 5.75 Å². The maximum absolute atomic E-state index is 12.7. The lowest BCUT2D eigenvalue weighted by Gasteiger charge is -2.32. The SMILES string of the molecule is Cc1ccc(C(=O)N2CCCC(COc3ccc(CN(C)Cc4ccon4)cc3)C2)s1. The van der Waals surface area contributed by atoms with Crippen molar-refractivity contribution < 1.29 is 14.1 Å². The first-order chi connectivity index (χ1) is 15.1. The summed E-state index contributed by atoms with van der Waals surface area (Å²) >= 11 is 1.57. The predicted octanol–water partition coefficient (Wildman–Crippen LogP) is 4.61. The van der Waals surface area contributed by atoms with Crippen LogP contribution in [0.2, 0.25) is 0 Å². The molecule has 1 unspecified atom stereocenters. The molecule has 0 aliphatic carbocycles. The molecule has 1 fully saturated rings. The van der Waals surface area contributed by atoms with Crippen LogP contribution < -0.4 is 4.74 Å². The molecule has 3 aromatic rings. The third kappa shape index (κ3) is 5.95. The average molecular weight is 440 g/mol. The van der Waals surface area contributed by atoms with Crippen LogP contribution in [0, 0.1) is 12.8 Å². The van der Waals surface area contributed by atoms with Gasteiger partial charge in [0, 0.05) is 43.0 Å². The van der Waals surface area contributed by atoms with E-state index in [-0.39, 0.29) is 5.91 Å². The minimum Gasteiger partial charge on any atom is -0.493 e. The zero-order valence-corrected chi connectivity index (χ0v) is 18.9. The van der Waals surface area contributed by atoms with E-state index in [4.69, 9.17) is 9.26 Å². The van der Waals surface area contributed by atoms with Gasteiger partial charge >= 0.3 is 0 Å². The number of carbonyl (C=O) groups is 1. The Morgan fingerprint density at radius 3 is 2.77 bits per heavy atom. The van der Waals surface area contributed by atoms with E-state index < -0.39 is 0 Å². The van der Waals surface area contributed by atoms with Gasteiger partial charge in [-0.25, -0.2) is 0 Å². The molecule has 6 nitrogen and oxygen atoms in total. The van der Waals surface area contributed by atoms with Gasteiger partial charge in [0.05, 0.1) is 17.2 Å². The van der Waals surface area contributed by atoms with Crippen molar-refractivity contribution in [3.05, 3.63) is 69.7 Å². The zero-order valence-electron chi connectivity index (χ0n) is 18.1. The highest BCUT2D eigenvalue weighted by molar-refractivity contribution is 7.13. The van der Waals surface area contributed by atoms with Gasteiger partial charge < -0.3 is 14.2 Å². The maximum atomic E-state index is 12.7. The van der Waals surface area contributed by atoms with Crippen LogP contribution in [-0.4, -0.2) is 47.6 Å². The van der Waals surface area contributed by atoms with Crippen LogP contribution in [0.4, 0.5) is 0 Å². The number of aromatic nitrogens is 1. The fraction of sp³-hybridized carbons (Fsp3) is 0.417. The Balaban J connectivity index is 1.24. The van der Waals surface area contributed by atoms with Crippen LogP contribution in [0.15, 0.2) is 53.3 Å². The Morgan fingerprint density at radius 1 is 1.23 bits per heavy atom. The molecule has 1 aromatic carbocycles.